The minimum atomic E-state index is -4.37. The van der Waals surface area contributed by atoms with Crippen LogP contribution in [0.4, 0.5) is 33.3 Å². The van der Waals surface area contributed by atoms with Crippen molar-refractivity contribution in [3.8, 4) is 5.75 Å². The van der Waals surface area contributed by atoms with Gasteiger partial charge in [-0.25, -0.2) is 23.2 Å². The molecule has 0 spiro atoms. The van der Waals surface area contributed by atoms with Gasteiger partial charge in [0.15, 0.2) is 0 Å². The number of benzene rings is 5. The van der Waals surface area contributed by atoms with Crippen molar-refractivity contribution in [2.24, 2.45) is 0 Å². The van der Waals surface area contributed by atoms with Gasteiger partial charge in [-0.2, -0.15) is 13.2 Å². The second kappa shape index (κ2) is 26.7. The maximum atomic E-state index is 13.5. The van der Waals surface area contributed by atoms with Gasteiger partial charge in [0.25, 0.3) is 11.8 Å². The lowest BCUT2D eigenvalue weighted by Gasteiger charge is -2.29. The smallest absolute Gasteiger partial charge is 0.416 e. The average molecular weight is 1000 g/mol. The van der Waals surface area contributed by atoms with E-state index in [0.29, 0.717) is 28.3 Å². The summed E-state index contributed by atoms with van der Waals surface area (Å²) in [5.74, 6) is -3.37. The number of nitrogens with zero attached hydrogens (tertiary/aromatic N) is 2. The molecule has 5 aromatic carbocycles. The highest BCUT2D eigenvalue weighted by Crippen LogP contribution is 2.31. The first-order valence-electron chi connectivity index (χ1n) is 21.1. The zero-order chi connectivity index (χ0) is 51.6. The Kier molecular flexibility index (Phi) is 21.9. The first kappa shape index (κ1) is 56.5. The second-order valence-corrected chi connectivity index (χ2v) is 15.9. The fourth-order valence-corrected chi connectivity index (χ4v) is 6.46. The molecular weight excluding hydrogens is 950 g/mol. The van der Waals surface area contributed by atoms with Crippen molar-refractivity contribution in [3.63, 3.8) is 0 Å². The molecule has 0 N–H and O–H groups in total. The lowest BCUT2D eigenvalue weighted by atomic mass is 10.1. The van der Waals surface area contributed by atoms with E-state index in [1.54, 1.807) is 95.3 Å². The van der Waals surface area contributed by atoms with E-state index in [4.69, 9.17) is 42.1 Å². The van der Waals surface area contributed by atoms with Crippen LogP contribution in [0, 0.1) is 11.6 Å². The van der Waals surface area contributed by atoms with E-state index in [1.807, 2.05) is 0 Å². The molecule has 2 amide bonds. The molecule has 0 saturated heterocycles. The molecule has 11 nitrogen and oxygen atoms in total. The van der Waals surface area contributed by atoms with Crippen molar-refractivity contribution in [3.05, 3.63) is 172 Å². The van der Waals surface area contributed by atoms with Crippen molar-refractivity contribution < 1.29 is 64.9 Å². The Morgan fingerprint density at radius 1 is 0.652 bits per heavy atom. The number of alkyl halides is 3. The Labute approximate surface area is 407 Å². The molecule has 0 aromatic heterocycles. The van der Waals surface area contributed by atoms with Gasteiger partial charge >= 0.3 is 24.1 Å². The highest BCUT2D eigenvalue weighted by molar-refractivity contribution is 6.31. The third-order valence-corrected chi connectivity index (χ3v) is 10.0. The van der Waals surface area contributed by atoms with Gasteiger partial charge in [-0.1, -0.05) is 66.2 Å². The zero-order valence-electron chi connectivity index (χ0n) is 38.7. The summed E-state index contributed by atoms with van der Waals surface area (Å²) in [5.41, 5.74) is 0.933. The fourth-order valence-electron chi connectivity index (χ4n) is 6.11. The van der Waals surface area contributed by atoms with Crippen LogP contribution in [0.25, 0.3) is 0 Å². The number of anilines is 2. The predicted octanol–water partition coefficient (Wildman–Crippen LogP) is 12.1. The Morgan fingerprint density at radius 3 is 1.46 bits per heavy atom. The summed E-state index contributed by atoms with van der Waals surface area (Å²) in [4.78, 5) is 63.8. The quantitative estimate of drug-likeness (QED) is 0.0436. The molecule has 368 valence electrons. The molecule has 3 atom stereocenters. The first-order valence-corrected chi connectivity index (χ1v) is 21.9. The number of rotatable bonds is 15. The van der Waals surface area contributed by atoms with Gasteiger partial charge in [0.05, 0.1) is 35.4 Å². The molecule has 69 heavy (non-hydrogen) atoms. The average Bonchev–Trinajstić information content (AvgIpc) is 3.31. The molecule has 0 aliphatic carbocycles. The van der Waals surface area contributed by atoms with E-state index < -0.39 is 71.3 Å². The number of carbonyl (C=O) groups excluding carboxylic acids is 5. The van der Waals surface area contributed by atoms with E-state index in [2.05, 4.69) is 6.58 Å². The minimum absolute atomic E-state index is 0.132. The Hall–Kier alpha value is -6.78. The molecule has 0 heterocycles. The highest BCUT2D eigenvalue weighted by Gasteiger charge is 2.32. The van der Waals surface area contributed by atoms with Crippen LogP contribution in [0.2, 0.25) is 10.0 Å². The summed E-state index contributed by atoms with van der Waals surface area (Å²) in [6.45, 7) is 13.8. The van der Waals surface area contributed by atoms with Crippen molar-refractivity contribution in [1.29, 1.82) is 0 Å². The highest BCUT2D eigenvalue weighted by atomic mass is 35.5. The predicted molar refractivity (Wildman–Crippen MR) is 253 cm³/mol. The van der Waals surface area contributed by atoms with E-state index in [1.165, 1.54) is 60.2 Å². The third-order valence-electron chi connectivity index (χ3n) is 9.47. The molecule has 0 bridgehead atoms. The Bertz CT molecular complexity index is 2530. The lowest BCUT2D eigenvalue weighted by molar-refractivity contribution is -0.148. The van der Waals surface area contributed by atoms with Crippen LogP contribution < -0.4 is 14.5 Å². The zero-order valence-corrected chi connectivity index (χ0v) is 40.2. The number of halogens is 7. The van der Waals surface area contributed by atoms with E-state index in [0.717, 1.165) is 24.3 Å². The molecule has 0 saturated carbocycles. The summed E-state index contributed by atoms with van der Waals surface area (Å²) in [6, 6.07) is 27.3. The summed E-state index contributed by atoms with van der Waals surface area (Å²) < 4.78 is 84.3. The Morgan fingerprint density at radius 2 is 1.09 bits per heavy atom. The molecule has 0 aliphatic heterocycles. The van der Waals surface area contributed by atoms with Crippen molar-refractivity contribution in [1.82, 2.24) is 0 Å². The van der Waals surface area contributed by atoms with E-state index in [9.17, 15) is 45.9 Å². The number of esters is 3. The lowest BCUT2D eigenvalue weighted by Crippen LogP contribution is -2.45. The molecule has 5 rings (SSSR count). The number of carbonyl (C=O) groups is 5. The van der Waals surface area contributed by atoms with Gasteiger partial charge in [-0.05, 0) is 126 Å². The maximum Gasteiger partial charge on any atom is 0.416 e. The number of hydrogen-bond acceptors (Lipinski definition) is 9. The second-order valence-electron chi connectivity index (χ2n) is 15.1. The molecule has 0 aliphatic rings. The Balaban J connectivity index is 0.000000275. The number of methoxy groups -OCH3 is 1. The SMILES string of the molecule is C=C(CC(C)Oc1ccc(C(F)(F)F)cc1)C(=O)OCC.CC(C)OC(=O)C(C)N(C(=O)c1ccccc1)c1ccc(F)c(Cl)c1.COC(=O)C(C)N(C(=O)c1ccccc1)c1ccc(F)c(Cl)c1. The first-order chi connectivity index (χ1) is 32.5. The van der Waals surface area contributed by atoms with Crippen LogP contribution in [0.1, 0.15) is 74.2 Å². The van der Waals surface area contributed by atoms with Gasteiger partial charge < -0.3 is 18.9 Å². The van der Waals surface area contributed by atoms with Crippen LogP contribution in [-0.2, 0) is 34.8 Å². The summed E-state index contributed by atoms with van der Waals surface area (Å²) in [5, 5.41) is -0.266. The van der Waals surface area contributed by atoms with Crippen LogP contribution in [-0.4, -0.2) is 67.7 Å². The molecule has 5 aromatic rings. The van der Waals surface area contributed by atoms with Gasteiger partial charge in [-0.15, -0.1) is 0 Å². The van der Waals surface area contributed by atoms with Gasteiger partial charge in [0.1, 0.15) is 35.6 Å². The number of hydrogen-bond donors (Lipinski definition) is 0. The van der Waals surface area contributed by atoms with Crippen LogP contribution in [0.3, 0.4) is 0 Å². The molecule has 0 radical (unpaired) electrons. The standard InChI is InChI=1S/C19H19ClFNO3.C17H15ClFNO3.C15H17F3O3/c1-12(2)25-19(24)13(3)22(15-9-10-17(21)16(20)11-15)18(23)14-7-5-4-6-8-14;1-11(17(22)23-2)20(13-8-9-15(19)14(18)10-13)16(21)12-6-4-3-5-7-12;1-4-20-14(19)10(2)9-11(3)21-13-7-5-12(6-8-13)15(16,17)18/h4-13H,1-3H3;3-11H,1-2H3;5-8,11H,2,4,9H2,1,3H3. The largest absolute Gasteiger partial charge is 0.490 e. The van der Waals surface area contributed by atoms with Gasteiger partial charge in [0.2, 0.25) is 0 Å². The van der Waals surface area contributed by atoms with E-state index >= 15 is 0 Å². The fraction of sp³-hybridized carbons (Fsp3) is 0.275. The summed E-state index contributed by atoms with van der Waals surface area (Å²) in [6.07, 6.45) is -4.86. The third kappa shape index (κ3) is 17.0. The van der Waals surface area contributed by atoms with Gasteiger partial charge in [0, 0.05) is 34.5 Å². The topological polar surface area (TPSA) is 129 Å². The maximum absolute atomic E-state index is 13.5. The van der Waals surface area contributed by atoms with Crippen LogP contribution in [0.5, 0.6) is 5.75 Å². The summed E-state index contributed by atoms with van der Waals surface area (Å²) >= 11 is 11.6. The number of ether oxygens (including phenoxy) is 4. The van der Waals surface area contributed by atoms with Crippen LogP contribution in [0.15, 0.2) is 133 Å². The minimum Gasteiger partial charge on any atom is -0.490 e. The van der Waals surface area contributed by atoms with Gasteiger partial charge in [-0.3, -0.25) is 19.4 Å². The van der Waals surface area contributed by atoms with Crippen molar-refractivity contribution in [2.45, 2.75) is 78.4 Å². The monoisotopic (exact) mass is 1000 g/mol. The van der Waals surface area contributed by atoms with Crippen molar-refractivity contribution in [2.75, 3.05) is 23.5 Å². The molecule has 18 heteroatoms. The molecule has 0 fully saturated rings. The van der Waals surface area contributed by atoms with Crippen LogP contribution >= 0.6 is 23.2 Å². The molecule has 3 unspecified atom stereocenters. The number of amides is 2. The molecular formula is C51H51Cl2F5N2O9. The normalized spacial score (nSPS) is 12.0. The van der Waals surface area contributed by atoms with E-state index in [-0.39, 0.29) is 34.8 Å². The van der Waals surface area contributed by atoms with Crippen molar-refractivity contribution >= 4 is 64.3 Å². The summed E-state index contributed by atoms with van der Waals surface area (Å²) in [7, 11) is 1.24.